The van der Waals surface area contributed by atoms with Crippen molar-refractivity contribution in [1.82, 2.24) is 20.2 Å². The molecule has 2 aliphatic heterocycles. The minimum Gasteiger partial charge on any atom is -0.378 e. The molecule has 1 saturated heterocycles. The van der Waals surface area contributed by atoms with Crippen molar-refractivity contribution < 1.29 is 27.8 Å². The van der Waals surface area contributed by atoms with E-state index in [1.807, 2.05) is 25.3 Å². The number of fused-ring (bicyclic) bond motifs is 2. The molecule has 2 aromatic heterocycles. The Morgan fingerprint density at radius 1 is 1.26 bits per heavy atom. The molecule has 2 atom stereocenters. The Hall–Kier alpha value is -2.95. The lowest BCUT2D eigenvalue weighted by atomic mass is 9.87. The summed E-state index contributed by atoms with van der Waals surface area (Å²) in [6.07, 6.45) is -0.974. The number of H-pyrrole nitrogens is 1. The van der Waals surface area contributed by atoms with E-state index in [9.17, 15) is 23.1 Å². The Balaban J connectivity index is 1.56. The Morgan fingerprint density at radius 3 is 2.77 bits per heavy atom. The van der Waals surface area contributed by atoms with E-state index in [4.69, 9.17) is 4.74 Å². The third kappa shape index (κ3) is 4.19. The van der Waals surface area contributed by atoms with Crippen LogP contribution < -0.4 is 5.32 Å². The van der Waals surface area contributed by atoms with Gasteiger partial charge in [-0.25, -0.2) is 4.98 Å². The van der Waals surface area contributed by atoms with Gasteiger partial charge in [0.15, 0.2) is 0 Å². The molecule has 4 heterocycles. The molecule has 0 saturated carbocycles. The Bertz CT molecular complexity index is 1280. The molecule has 1 fully saturated rings. The van der Waals surface area contributed by atoms with Gasteiger partial charge in [0.05, 0.1) is 19.3 Å². The van der Waals surface area contributed by atoms with E-state index >= 15 is 0 Å². The highest BCUT2D eigenvalue weighted by molar-refractivity contribution is 5.86. The second-order valence-electron chi connectivity index (χ2n) is 9.42. The predicted octanol–water partition coefficient (Wildman–Crippen LogP) is 3.40. The van der Waals surface area contributed by atoms with Crippen molar-refractivity contribution in [2.45, 2.75) is 44.6 Å². The van der Waals surface area contributed by atoms with Crippen molar-refractivity contribution in [3.05, 3.63) is 52.8 Å². The molecule has 186 valence electrons. The van der Waals surface area contributed by atoms with E-state index in [2.05, 4.69) is 21.4 Å². The third-order valence-electron chi connectivity index (χ3n) is 7.00. The number of nitrogens with zero attached hydrogens (tertiary/aromatic N) is 2. The van der Waals surface area contributed by atoms with Crippen LogP contribution in [0.15, 0.2) is 30.6 Å². The summed E-state index contributed by atoms with van der Waals surface area (Å²) >= 11 is 0. The number of nitrogens with one attached hydrogen (secondary N) is 2. The van der Waals surface area contributed by atoms with Crippen LogP contribution in [-0.2, 0) is 22.5 Å². The van der Waals surface area contributed by atoms with Crippen molar-refractivity contribution in [1.29, 1.82) is 0 Å². The number of aromatic nitrogens is 2. The zero-order valence-corrected chi connectivity index (χ0v) is 19.5. The average Bonchev–Trinajstić information content (AvgIpc) is 3.22. The number of alkyl halides is 3. The summed E-state index contributed by atoms with van der Waals surface area (Å²) < 4.78 is 45.6. The lowest BCUT2D eigenvalue weighted by Crippen LogP contribution is -2.56. The van der Waals surface area contributed by atoms with E-state index in [1.165, 1.54) is 0 Å². The number of carbonyl (C=O) groups is 1. The van der Waals surface area contributed by atoms with Gasteiger partial charge in [0.1, 0.15) is 5.65 Å². The van der Waals surface area contributed by atoms with Gasteiger partial charge in [-0.15, -0.1) is 0 Å². The molecule has 1 unspecified atom stereocenters. The number of benzene rings is 1. The average molecular weight is 489 g/mol. The quantitative estimate of drug-likeness (QED) is 0.526. The molecule has 0 bridgehead atoms. The predicted molar refractivity (Wildman–Crippen MR) is 124 cm³/mol. The number of pyridine rings is 1. The fourth-order valence-electron chi connectivity index (χ4n) is 4.84. The lowest BCUT2D eigenvalue weighted by molar-refractivity contribution is -0.250. The number of rotatable bonds is 3. The maximum Gasteiger partial charge on any atom is 0.426 e. The van der Waals surface area contributed by atoms with Gasteiger partial charge in [-0.2, -0.15) is 13.2 Å². The van der Waals surface area contributed by atoms with Crippen LogP contribution in [-0.4, -0.2) is 64.0 Å². The van der Waals surface area contributed by atoms with Crippen molar-refractivity contribution in [3.8, 4) is 11.1 Å². The van der Waals surface area contributed by atoms with Crippen LogP contribution in [0.1, 0.15) is 35.2 Å². The van der Waals surface area contributed by atoms with Gasteiger partial charge in [0.2, 0.25) is 5.60 Å². The van der Waals surface area contributed by atoms with Crippen LogP contribution in [0.2, 0.25) is 0 Å². The standard InChI is InChI=1S/C25H27F3N4O3/c1-14-10-30-22-18(14)9-17(11-31-22)16-7-15-3-5-32(23(33)24(2,34)25(26,27)28)12-20(15)19(8-16)21-13-35-6-4-29-21/h7-11,21,29,34H,3-6,12-13H2,1-2H3,(H,30,31)/t21?,24-/m0/s1. The SMILES string of the molecule is Cc1c[nH]c2ncc(-c3cc4c(c(C5COCCN5)c3)CN(C(=O)[C@](C)(O)C(F)(F)F)CC4)cc12. The number of amides is 1. The molecular weight excluding hydrogens is 461 g/mol. The van der Waals surface area contributed by atoms with Crippen molar-refractivity contribution in [2.24, 2.45) is 0 Å². The number of aromatic amines is 1. The number of aliphatic hydroxyl groups is 1. The summed E-state index contributed by atoms with van der Waals surface area (Å²) in [5, 5.41) is 14.4. The molecule has 1 aromatic carbocycles. The highest BCUT2D eigenvalue weighted by Crippen LogP contribution is 2.37. The van der Waals surface area contributed by atoms with Gasteiger partial charge in [0.25, 0.3) is 5.91 Å². The van der Waals surface area contributed by atoms with Crippen molar-refractivity contribution in [3.63, 3.8) is 0 Å². The third-order valence-corrected chi connectivity index (χ3v) is 7.00. The number of hydrogen-bond acceptors (Lipinski definition) is 5. The number of hydrogen-bond donors (Lipinski definition) is 3. The second-order valence-corrected chi connectivity index (χ2v) is 9.42. The number of ether oxygens (including phenoxy) is 1. The molecule has 1 amide bonds. The largest absolute Gasteiger partial charge is 0.426 e. The zero-order valence-electron chi connectivity index (χ0n) is 19.5. The highest BCUT2D eigenvalue weighted by atomic mass is 19.4. The van der Waals surface area contributed by atoms with Crippen LogP contribution in [0.3, 0.4) is 0 Å². The first kappa shape index (κ1) is 23.8. The van der Waals surface area contributed by atoms with E-state index in [-0.39, 0.29) is 19.1 Å². The van der Waals surface area contributed by atoms with Gasteiger partial charge >= 0.3 is 6.18 Å². The zero-order chi connectivity index (χ0) is 25.0. The first-order valence-electron chi connectivity index (χ1n) is 11.6. The van der Waals surface area contributed by atoms with Gasteiger partial charge < -0.3 is 25.0 Å². The molecule has 3 N–H and O–H groups in total. The fraction of sp³-hybridized carbons (Fsp3) is 0.440. The van der Waals surface area contributed by atoms with Crippen LogP contribution in [0.5, 0.6) is 0 Å². The molecule has 10 heteroatoms. The first-order chi connectivity index (χ1) is 16.6. The molecule has 0 radical (unpaired) electrons. The van der Waals surface area contributed by atoms with Crippen LogP contribution >= 0.6 is 0 Å². The maximum atomic E-state index is 13.3. The number of carbonyl (C=O) groups excluding carboxylic acids is 1. The summed E-state index contributed by atoms with van der Waals surface area (Å²) in [6.45, 7) is 4.23. The number of aryl methyl sites for hydroxylation is 1. The Morgan fingerprint density at radius 2 is 2.06 bits per heavy atom. The maximum absolute atomic E-state index is 13.3. The lowest BCUT2D eigenvalue weighted by Gasteiger charge is -2.37. The Kier molecular flexibility index (Phi) is 5.85. The number of halogens is 3. The normalized spacial score (nSPS) is 20.5. The molecule has 0 spiro atoms. The summed E-state index contributed by atoms with van der Waals surface area (Å²) in [4.78, 5) is 21.5. The molecule has 2 aliphatic rings. The van der Waals surface area contributed by atoms with E-state index in [0.29, 0.717) is 33.1 Å². The molecular formula is C25H27F3N4O3. The highest BCUT2D eigenvalue weighted by Gasteiger charge is 2.57. The topological polar surface area (TPSA) is 90.5 Å². The summed E-state index contributed by atoms with van der Waals surface area (Å²) in [6, 6.07) is 5.94. The van der Waals surface area contributed by atoms with Crippen LogP contribution in [0.25, 0.3) is 22.2 Å². The monoisotopic (exact) mass is 488 g/mol. The molecule has 7 nitrogen and oxygen atoms in total. The van der Waals surface area contributed by atoms with Gasteiger partial charge in [-0.1, -0.05) is 6.07 Å². The molecule has 35 heavy (non-hydrogen) atoms. The molecule has 0 aliphatic carbocycles. The van der Waals surface area contributed by atoms with Gasteiger partial charge in [0, 0.05) is 43.0 Å². The first-order valence-corrected chi connectivity index (χ1v) is 11.6. The van der Waals surface area contributed by atoms with E-state index in [0.717, 1.165) is 49.3 Å². The smallest absolute Gasteiger partial charge is 0.378 e. The van der Waals surface area contributed by atoms with Crippen LogP contribution in [0.4, 0.5) is 13.2 Å². The van der Waals surface area contributed by atoms with Crippen molar-refractivity contribution in [2.75, 3.05) is 26.3 Å². The minimum absolute atomic E-state index is 0.0115. The summed E-state index contributed by atoms with van der Waals surface area (Å²) in [5.74, 6) is -1.34. The fourth-order valence-corrected chi connectivity index (χ4v) is 4.84. The van der Waals surface area contributed by atoms with E-state index < -0.39 is 17.7 Å². The second kappa shape index (κ2) is 8.61. The summed E-state index contributed by atoms with van der Waals surface area (Å²) in [5.41, 5.74) is 2.97. The van der Waals surface area contributed by atoms with Gasteiger partial charge in [-0.05, 0) is 60.2 Å². The van der Waals surface area contributed by atoms with E-state index in [1.54, 1.807) is 6.20 Å². The molecule has 3 aromatic rings. The summed E-state index contributed by atoms with van der Waals surface area (Å²) in [7, 11) is 0. The molecule has 5 rings (SSSR count). The number of morpholine rings is 1. The van der Waals surface area contributed by atoms with Gasteiger partial charge in [-0.3, -0.25) is 4.79 Å². The minimum atomic E-state index is -5.06. The van der Waals surface area contributed by atoms with Crippen LogP contribution in [0, 0.1) is 6.92 Å². The van der Waals surface area contributed by atoms with Crippen molar-refractivity contribution >= 4 is 16.9 Å². The Labute approximate surface area is 200 Å².